The van der Waals surface area contributed by atoms with Crippen LogP contribution in [0, 0.1) is 0 Å². The van der Waals surface area contributed by atoms with Gasteiger partial charge in [-0.15, -0.1) is 11.3 Å². The third-order valence-corrected chi connectivity index (χ3v) is 4.88. The van der Waals surface area contributed by atoms with Gasteiger partial charge in [0.25, 0.3) is 0 Å². The Morgan fingerprint density at radius 1 is 1.12 bits per heavy atom. The van der Waals surface area contributed by atoms with Crippen LogP contribution in [0.3, 0.4) is 0 Å². The smallest absolute Gasteiger partial charge is 0.229 e. The molecule has 0 aliphatic heterocycles. The molecule has 4 nitrogen and oxygen atoms in total. The molecule has 0 atom stereocenters. The number of amides is 1. The van der Waals surface area contributed by atoms with Crippen LogP contribution in [-0.2, 0) is 11.2 Å². The lowest BCUT2D eigenvalue weighted by Crippen LogP contribution is -2.15. The Morgan fingerprint density at radius 3 is 2.79 bits per heavy atom. The zero-order valence-electron chi connectivity index (χ0n) is 13.0. The van der Waals surface area contributed by atoms with Gasteiger partial charge in [-0.3, -0.25) is 4.79 Å². The maximum absolute atomic E-state index is 12.1. The monoisotopic (exact) mass is 336 g/mol. The van der Waals surface area contributed by atoms with Crippen LogP contribution in [-0.4, -0.2) is 17.5 Å². The standard InChI is InChI=1S/C19H16N2O2S/c22-17(10-11-23-14-7-2-1-3-8-14)20-19-21-18-15-9-5-4-6-13(15)12-16(18)24-19/h1-9H,10-12H2,(H,20,21,22). The SMILES string of the molecule is O=C(CCOc1ccccc1)Nc1nc2c(s1)Cc1ccccc1-2. The molecule has 2 aromatic carbocycles. The molecule has 120 valence electrons. The van der Waals surface area contributed by atoms with E-state index in [4.69, 9.17) is 4.74 Å². The minimum atomic E-state index is -0.0772. The van der Waals surface area contributed by atoms with Crippen molar-refractivity contribution >= 4 is 22.4 Å². The van der Waals surface area contributed by atoms with Crippen molar-refractivity contribution in [1.82, 2.24) is 4.98 Å². The molecular weight excluding hydrogens is 320 g/mol. The first-order valence-electron chi connectivity index (χ1n) is 7.85. The number of thiazole rings is 1. The van der Waals surface area contributed by atoms with Gasteiger partial charge in [-0.25, -0.2) is 4.98 Å². The van der Waals surface area contributed by atoms with E-state index in [1.54, 1.807) is 11.3 Å². The van der Waals surface area contributed by atoms with Crippen molar-refractivity contribution in [3.05, 3.63) is 65.0 Å². The lowest BCUT2D eigenvalue weighted by Gasteiger charge is -2.05. The fraction of sp³-hybridized carbons (Fsp3) is 0.158. The molecule has 5 heteroatoms. The highest BCUT2D eigenvalue weighted by atomic mass is 32.1. The molecule has 3 aromatic rings. The Kier molecular flexibility index (Phi) is 4.01. The predicted octanol–water partition coefficient (Wildman–Crippen LogP) is 4.12. The van der Waals surface area contributed by atoms with E-state index < -0.39 is 0 Å². The van der Waals surface area contributed by atoms with Crippen LogP contribution < -0.4 is 10.1 Å². The second-order valence-corrected chi connectivity index (χ2v) is 6.67. The molecule has 0 fully saturated rings. The number of nitrogens with zero attached hydrogens (tertiary/aromatic N) is 1. The van der Waals surface area contributed by atoms with E-state index in [0.717, 1.165) is 17.9 Å². The molecule has 0 bridgehead atoms. The number of carbonyl (C=O) groups excluding carboxylic acids is 1. The first kappa shape index (κ1) is 14.9. The lowest BCUT2D eigenvalue weighted by atomic mass is 10.1. The molecule has 1 aliphatic rings. The highest BCUT2D eigenvalue weighted by Crippen LogP contribution is 2.40. The summed E-state index contributed by atoms with van der Waals surface area (Å²) in [6.45, 7) is 0.351. The minimum absolute atomic E-state index is 0.0772. The number of hydrogen-bond donors (Lipinski definition) is 1. The summed E-state index contributed by atoms with van der Waals surface area (Å²) >= 11 is 1.55. The highest BCUT2D eigenvalue weighted by molar-refractivity contribution is 7.16. The van der Waals surface area contributed by atoms with Crippen LogP contribution in [0.2, 0.25) is 0 Å². The molecule has 0 saturated carbocycles. The van der Waals surface area contributed by atoms with Gasteiger partial charge in [-0.1, -0.05) is 42.5 Å². The summed E-state index contributed by atoms with van der Waals surface area (Å²) in [5, 5.41) is 3.54. The summed E-state index contributed by atoms with van der Waals surface area (Å²) in [7, 11) is 0. The van der Waals surface area contributed by atoms with Gasteiger partial charge in [0, 0.05) is 16.9 Å². The first-order chi connectivity index (χ1) is 11.8. The van der Waals surface area contributed by atoms with E-state index in [9.17, 15) is 4.79 Å². The molecule has 1 heterocycles. The number of carbonyl (C=O) groups is 1. The molecular formula is C19H16N2O2S. The van der Waals surface area contributed by atoms with Crippen molar-refractivity contribution in [1.29, 1.82) is 0 Å². The number of para-hydroxylation sites is 1. The summed E-state index contributed by atoms with van der Waals surface area (Å²) in [5.41, 5.74) is 3.49. The van der Waals surface area contributed by atoms with Crippen LogP contribution in [0.5, 0.6) is 5.75 Å². The molecule has 0 radical (unpaired) electrons. The largest absolute Gasteiger partial charge is 0.493 e. The summed E-state index contributed by atoms with van der Waals surface area (Å²) in [6.07, 6.45) is 1.20. The molecule has 1 amide bonds. The van der Waals surface area contributed by atoms with E-state index in [1.165, 1.54) is 16.0 Å². The molecule has 4 rings (SSSR count). The zero-order chi connectivity index (χ0) is 16.4. The lowest BCUT2D eigenvalue weighted by molar-refractivity contribution is -0.116. The number of hydrogen-bond acceptors (Lipinski definition) is 4. The summed E-state index contributed by atoms with van der Waals surface area (Å²) in [4.78, 5) is 17.8. The predicted molar refractivity (Wildman–Crippen MR) is 95.5 cm³/mol. The highest BCUT2D eigenvalue weighted by Gasteiger charge is 2.23. The van der Waals surface area contributed by atoms with Crippen molar-refractivity contribution < 1.29 is 9.53 Å². The normalized spacial score (nSPS) is 11.7. The van der Waals surface area contributed by atoms with Crippen molar-refractivity contribution in [2.24, 2.45) is 0 Å². The van der Waals surface area contributed by atoms with Crippen LogP contribution in [0.15, 0.2) is 54.6 Å². The third-order valence-electron chi connectivity index (χ3n) is 3.91. The maximum atomic E-state index is 12.1. The number of fused-ring (bicyclic) bond motifs is 3. The topological polar surface area (TPSA) is 51.2 Å². The molecule has 1 aromatic heterocycles. The third kappa shape index (κ3) is 3.03. The van der Waals surface area contributed by atoms with E-state index in [0.29, 0.717) is 18.2 Å². The fourth-order valence-corrected chi connectivity index (χ4v) is 3.79. The van der Waals surface area contributed by atoms with Gasteiger partial charge in [0.2, 0.25) is 5.91 Å². The van der Waals surface area contributed by atoms with Crippen molar-refractivity contribution in [3.8, 4) is 17.0 Å². The molecule has 0 spiro atoms. The van der Waals surface area contributed by atoms with Gasteiger partial charge in [-0.2, -0.15) is 0 Å². The molecule has 0 saturated heterocycles. The number of nitrogens with one attached hydrogen (secondary N) is 1. The average Bonchev–Trinajstić information content (AvgIpc) is 3.13. The quantitative estimate of drug-likeness (QED) is 0.596. The number of rotatable bonds is 5. The number of benzene rings is 2. The summed E-state index contributed by atoms with van der Waals surface area (Å²) in [6, 6.07) is 17.8. The van der Waals surface area contributed by atoms with E-state index in [-0.39, 0.29) is 5.91 Å². The second kappa shape index (κ2) is 6.45. The molecule has 0 unspecified atom stereocenters. The van der Waals surface area contributed by atoms with Gasteiger partial charge < -0.3 is 10.1 Å². The summed E-state index contributed by atoms with van der Waals surface area (Å²) < 4.78 is 5.54. The Balaban J connectivity index is 1.35. The molecule has 24 heavy (non-hydrogen) atoms. The fourth-order valence-electron chi connectivity index (χ4n) is 2.77. The Morgan fingerprint density at radius 2 is 1.92 bits per heavy atom. The summed E-state index contributed by atoms with van der Waals surface area (Å²) in [5.74, 6) is 0.696. The van der Waals surface area contributed by atoms with Crippen molar-refractivity contribution in [2.75, 3.05) is 11.9 Å². The Labute approximate surface area is 144 Å². The van der Waals surface area contributed by atoms with Crippen LogP contribution in [0.1, 0.15) is 16.9 Å². The maximum Gasteiger partial charge on any atom is 0.229 e. The molecule has 1 N–H and O–H groups in total. The number of ether oxygens (including phenoxy) is 1. The van der Waals surface area contributed by atoms with Gasteiger partial charge in [0.1, 0.15) is 5.75 Å². The van der Waals surface area contributed by atoms with E-state index in [2.05, 4.69) is 22.4 Å². The van der Waals surface area contributed by atoms with Gasteiger partial charge in [0.05, 0.1) is 18.7 Å². The van der Waals surface area contributed by atoms with Crippen LogP contribution in [0.4, 0.5) is 5.13 Å². The average molecular weight is 336 g/mol. The van der Waals surface area contributed by atoms with E-state index in [1.807, 2.05) is 42.5 Å². The molecule has 1 aliphatic carbocycles. The van der Waals surface area contributed by atoms with Crippen molar-refractivity contribution in [3.63, 3.8) is 0 Å². The van der Waals surface area contributed by atoms with Gasteiger partial charge in [-0.05, 0) is 17.7 Å². The number of anilines is 1. The van der Waals surface area contributed by atoms with Crippen molar-refractivity contribution in [2.45, 2.75) is 12.8 Å². The zero-order valence-corrected chi connectivity index (χ0v) is 13.8. The van der Waals surface area contributed by atoms with Crippen LogP contribution in [0.25, 0.3) is 11.3 Å². The Hall–Kier alpha value is -2.66. The minimum Gasteiger partial charge on any atom is -0.493 e. The Bertz CT molecular complexity index is 874. The van der Waals surface area contributed by atoms with E-state index >= 15 is 0 Å². The number of aromatic nitrogens is 1. The van der Waals surface area contributed by atoms with Crippen LogP contribution >= 0.6 is 11.3 Å². The second-order valence-electron chi connectivity index (χ2n) is 5.58. The van der Waals surface area contributed by atoms with Gasteiger partial charge >= 0.3 is 0 Å². The van der Waals surface area contributed by atoms with Gasteiger partial charge in [0.15, 0.2) is 5.13 Å². The first-order valence-corrected chi connectivity index (χ1v) is 8.67.